The summed E-state index contributed by atoms with van der Waals surface area (Å²) in [6, 6.07) is 5.22. The van der Waals surface area contributed by atoms with Crippen LogP contribution < -0.4 is 4.74 Å². The number of hydrogen-bond donors (Lipinski definition) is 1. The first-order valence-corrected chi connectivity index (χ1v) is 10.2. The third-order valence-electron chi connectivity index (χ3n) is 4.61. The van der Waals surface area contributed by atoms with Crippen molar-refractivity contribution in [1.29, 1.82) is 0 Å². The van der Waals surface area contributed by atoms with Crippen LogP contribution in [0.25, 0.3) is 0 Å². The van der Waals surface area contributed by atoms with Crippen LogP contribution in [0.4, 0.5) is 4.39 Å². The average Bonchev–Trinajstić information content (AvgIpc) is 3.33. The van der Waals surface area contributed by atoms with Crippen molar-refractivity contribution in [1.82, 2.24) is 24.1 Å². The van der Waals surface area contributed by atoms with E-state index in [1.165, 1.54) is 48.8 Å². The van der Waals surface area contributed by atoms with Crippen LogP contribution in [0, 0.1) is 5.82 Å². The molecule has 1 aliphatic heterocycles. The standard InChI is InChI=1S/C18H16FN5O5S/c1-29-12-4-5-15(21-7-12)30(27,28)24-9-11-8-23(10-14(11)22-24)18(26)17(25)16-13(19)3-2-6-20-16/h2-7,9,17,25H,8,10H2,1H3. The van der Waals surface area contributed by atoms with Crippen molar-refractivity contribution in [3.8, 4) is 5.75 Å². The molecular weight excluding hydrogens is 417 g/mol. The lowest BCUT2D eigenvalue weighted by Gasteiger charge is -2.19. The minimum absolute atomic E-state index is 0.0191. The highest BCUT2D eigenvalue weighted by Gasteiger charge is 2.34. The second-order valence-electron chi connectivity index (χ2n) is 6.48. The van der Waals surface area contributed by atoms with E-state index in [2.05, 4.69) is 15.1 Å². The maximum atomic E-state index is 13.8. The second kappa shape index (κ2) is 7.46. The van der Waals surface area contributed by atoms with Crippen LogP contribution in [0.3, 0.4) is 0 Å². The Kier molecular flexibility index (Phi) is 4.95. The molecule has 0 saturated heterocycles. The number of ether oxygens (including phenoxy) is 1. The third-order valence-corrected chi connectivity index (χ3v) is 6.05. The molecule has 0 fully saturated rings. The number of aliphatic hydroxyl groups is 1. The van der Waals surface area contributed by atoms with Crippen molar-refractivity contribution < 1.29 is 27.4 Å². The Balaban J connectivity index is 1.52. The van der Waals surface area contributed by atoms with Gasteiger partial charge in [0.2, 0.25) is 0 Å². The highest BCUT2D eigenvalue weighted by molar-refractivity contribution is 7.89. The van der Waals surface area contributed by atoms with Gasteiger partial charge in [0, 0.05) is 24.5 Å². The Bertz CT molecular complexity index is 1190. The molecular formula is C18H16FN5O5S. The molecule has 12 heteroatoms. The molecule has 3 aromatic rings. The highest BCUT2D eigenvalue weighted by atomic mass is 32.2. The number of nitrogens with zero attached hydrogens (tertiary/aromatic N) is 5. The number of aromatic nitrogens is 4. The lowest BCUT2D eigenvalue weighted by atomic mass is 10.2. The van der Waals surface area contributed by atoms with Gasteiger partial charge in [-0.25, -0.2) is 9.37 Å². The molecule has 4 rings (SSSR count). The summed E-state index contributed by atoms with van der Waals surface area (Å²) in [6.07, 6.45) is 2.07. The molecule has 3 aromatic heterocycles. The number of methoxy groups -OCH3 is 1. The van der Waals surface area contributed by atoms with E-state index in [0.717, 1.165) is 10.2 Å². The highest BCUT2D eigenvalue weighted by Crippen LogP contribution is 2.27. The lowest BCUT2D eigenvalue weighted by Crippen LogP contribution is -2.32. The quantitative estimate of drug-likeness (QED) is 0.621. The van der Waals surface area contributed by atoms with E-state index in [4.69, 9.17) is 4.74 Å². The summed E-state index contributed by atoms with van der Waals surface area (Å²) in [7, 11) is -2.58. The Morgan fingerprint density at radius 1 is 1.27 bits per heavy atom. The smallest absolute Gasteiger partial charge is 0.300 e. The van der Waals surface area contributed by atoms with E-state index >= 15 is 0 Å². The monoisotopic (exact) mass is 433 g/mol. The van der Waals surface area contributed by atoms with E-state index in [1.807, 2.05) is 0 Å². The van der Waals surface area contributed by atoms with E-state index < -0.39 is 27.9 Å². The fraction of sp³-hybridized carbons (Fsp3) is 0.222. The van der Waals surface area contributed by atoms with Crippen LogP contribution in [-0.2, 0) is 27.9 Å². The second-order valence-corrected chi connectivity index (χ2v) is 8.22. The molecule has 1 unspecified atom stereocenters. The van der Waals surface area contributed by atoms with Gasteiger partial charge in [-0.15, -0.1) is 0 Å². The Labute approximate surface area is 170 Å². The van der Waals surface area contributed by atoms with Crippen LogP contribution in [0.1, 0.15) is 23.1 Å². The molecule has 0 saturated carbocycles. The molecule has 30 heavy (non-hydrogen) atoms. The average molecular weight is 433 g/mol. The van der Waals surface area contributed by atoms with E-state index in [9.17, 15) is 22.7 Å². The van der Waals surface area contributed by atoms with Gasteiger partial charge in [0.25, 0.3) is 15.9 Å². The molecule has 0 aromatic carbocycles. The van der Waals surface area contributed by atoms with Gasteiger partial charge in [0.15, 0.2) is 11.1 Å². The van der Waals surface area contributed by atoms with Crippen LogP contribution >= 0.6 is 0 Å². The molecule has 156 valence electrons. The van der Waals surface area contributed by atoms with Crippen LogP contribution in [0.5, 0.6) is 5.75 Å². The topological polar surface area (TPSA) is 128 Å². The van der Waals surface area contributed by atoms with E-state index in [0.29, 0.717) is 17.0 Å². The maximum absolute atomic E-state index is 13.8. The molecule has 0 bridgehead atoms. The Hall–Kier alpha value is -3.38. The number of aliphatic hydroxyl groups excluding tert-OH is 1. The SMILES string of the molecule is COc1ccc(S(=O)(=O)n2cc3c(n2)CN(C(=O)C(O)c2ncccc2F)C3)nc1. The van der Waals surface area contributed by atoms with Gasteiger partial charge in [-0.2, -0.15) is 17.6 Å². The number of fused-ring (bicyclic) bond motifs is 1. The minimum Gasteiger partial charge on any atom is -0.495 e. The van der Waals surface area contributed by atoms with Crippen LogP contribution in [-0.4, -0.2) is 50.6 Å². The molecule has 4 heterocycles. The van der Waals surface area contributed by atoms with Crippen molar-refractivity contribution in [3.05, 3.63) is 65.6 Å². The zero-order valence-electron chi connectivity index (χ0n) is 15.6. The maximum Gasteiger partial charge on any atom is 0.300 e. The first-order valence-electron chi connectivity index (χ1n) is 8.71. The number of carbonyl (C=O) groups is 1. The number of amides is 1. The molecule has 0 radical (unpaired) electrons. The van der Waals surface area contributed by atoms with Gasteiger partial charge in [-0.05, 0) is 24.3 Å². The Morgan fingerprint density at radius 2 is 2.07 bits per heavy atom. The summed E-state index contributed by atoms with van der Waals surface area (Å²) in [6.45, 7) is -0.0104. The number of halogens is 1. The lowest BCUT2D eigenvalue weighted by molar-refractivity contribution is -0.141. The van der Waals surface area contributed by atoms with Gasteiger partial charge in [-0.1, -0.05) is 0 Å². The van der Waals surface area contributed by atoms with Gasteiger partial charge in [0.1, 0.15) is 17.3 Å². The largest absolute Gasteiger partial charge is 0.495 e. The fourth-order valence-corrected chi connectivity index (χ4v) is 4.12. The molecule has 10 nitrogen and oxygen atoms in total. The normalized spacial score (nSPS) is 14.4. The summed E-state index contributed by atoms with van der Waals surface area (Å²) in [5, 5.41) is 14.0. The molecule has 1 N–H and O–H groups in total. The summed E-state index contributed by atoms with van der Waals surface area (Å²) in [4.78, 5) is 21.4. The van der Waals surface area contributed by atoms with Crippen molar-refractivity contribution in [2.75, 3.05) is 7.11 Å². The zero-order valence-corrected chi connectivity index (χ0v) is 16.5. The summed E-state index contributed by atoms with van der Waals surface area (Å²) in [5.41, 5.74) is 0.480. The number of hydrogen-bond acceptors (Lipinski definition) is 8. The van der Waals surface area contributed by atoms with Crippen molar-refractivity contribution >= 4 is 15.9 Å². The Morgan fingerprint density at radius 3 is 2.70 bits per heavy atom. The third kappa shape index (κ3) is 3.39. The van der Waals surface area contributed by atoms with Crippen molar-refractivity contribution in [2.45, 2.75) is 24.2 Å². The van der Waals surface area contributed by atoms with E-state index in [-0.39, 0.29) is 23.8 Å². The fourth-order valence-electron chi connectivity index (χ4n) is 3.03. The minimum atomic E-state index is -4.02. The predicted octanol–water partition coefficient (Wildman–Crippen LogP) is 0.634. The number of carbonyl (C=O) groups excluding carboxylic acids is 1. The van der Waals surface area contributed by atoms with Gasteiger partial charge in [-0.3, -0.25) is 9.78 Å². The van der Waals surface area contributed by atoms with Crippen molar-refractivity contribution in [2.24, 2.45) is 0 Å². The summed E-state index contributed by atoms with van der Waals surface area (Å²) >= 11 is 0. The van der Waals surface area contributed by atoms with Gasteiger partial charge in [0.05, 0.1) is 25.5 Å². The van der Waals surface area contributed by atoms with Gasteiger partial charge < -0.3 is 14.7 Å². The predicted molar refractivity (Wildman–Crippen MR) is 99.0 cm³/mol. The summed E-state index contributed by atoms with van der Waals surface area (Å²) in [5.74, 6) is -1.13. The van der Waals surface area contributed by atoms with Crippen molar-refractivity contribution in [3.63, 3.8) is 0 Å². The molecule has 1 amide bonds. The van der Waals surface area contributed by atoms with Crippen LogP contribution in [0.2, 0.25) is 0 Å². The van der Waals surface area contributed by atoms with Crippen LogP contribution in [0.15, 0.2) is 47.9 Å². The first-order chi connectivity index (χ1) is 14.3. The molecule has 1 aliphatic rings. The first kappa shape index (κ1) is 19.9. The zero-order chi connectivity index (χ0) is 21.5. The van der Waals surface area contributed by atoms with E-state index in [1.54, 1.807) is 0 Å². The molecule has 0 aliphatic carbocycles. The number of rotatable bonds is 5. The molecule has 0 spiro atoms. The van der Waals surface area contributed by atoms with Gasteiger partial charge >= 0.3 is 0 Å². The summed E-state index contributed by atoms with van der Waals surface area (Å²) < 4.78 is 45.0. The molecule has 1 atom stereocenters. The number of pyridine rings is 2.